The van der Waals surface area contributed by atoms with E-state index in [1.165, 1.54) is 38.5 Å². The number of nitrogens with zero attached hydrogens (tertiary/aromatic N) is 2. The van der Waals surface area contributed by atoms with Gasteiger partial charge in [0.05, 0.1) is 25.0 Å². The van der Waals surface area contributed by atoms with Crippen LogP contribution in [0.3, 0.4) is 0 Å². The van der Waals surface area contributed by atoms with Gasteiger partial charge in [-0.15, -0.1) is 0 Å². The van der Waals surface area contributed by atoms with Crippen molar-refractivity contribution in [2.45, 2.75) is 109 Å². The Balaban J connectivity index is 1.57. The van der Waals surface area contributed by atoms with Gasteiger partial charge in [-0.1, -0.05) is 143 Å². The minimum Gasteiger partial charge on any atom is -0.415 e. The molecule has 1 heterocycles. The number of amides is 1. The number of carbonyl (C=O) groups is 2. The maximum atomic E-state index is 14.5. The summed E-state index contributed by atoms with van der Waals surface area (Å²) in [6, 6.07) is 27.5. The Morgan fingerprint density at radius 1 is 0.784 bits per heavy atom. The first-order chi connectivity index (χ1) is 24.4. The zero-order valence-electron chi connectivity index (χ0n) is 31.8. The van der Waals surface area contributed by atoms with Crippen LogP contribution in [0.4, 0.5) is 0 Å². The molecule has 0 spiro atoms. The van der Waals surface area contributed by atoms with Crippen LogP contribution in [-0.2, 0) is 25.3 Å². The summed E-state index contributed by atoms with van der Waals surface area (Å²) in [4.78, 5) is 29.9. The SMILES string of the molecule is CCCCCCCCCCC(C)(C)C(=O)OC[N+]1(CCC(C(=O)N(C)C)(c2ccccc2)c2ccccc2)CCC(O)(c2ccc(Cl)cc2)CC1. The van der Waals surface area contributed by atoms with Gasteiger partial charge in [0.25, 0.3) is 0 Å². The fourth-order valence-corrected chi connectivity index (χ4v) is 7.91. The van der Waals surface area contributed by atoms with E-state index in [0.29, 0.717) is 48.4 Å². The van der Waals surface area contributed by atoms with E-state index in [0.717, 1.165) is 36.0 Å². The minimum absolute atomic E-state index is 0.0104. The van der Waals surface area contributed by atoms with Crippen molar-refractivity contribution in [3.05, 3.63) is 107 Å². The predicted octanol–water partition coefficient (Wildman–Crippen LogP) is 9.66. The van der Waals surface area contributed by atoms with E-state index in [2.05, 4.69) is 6.92 Å². The molecule has 1 aliphatic rings. The van der Waals surface area contributed by atoms with Crippen molar-refractivity contribution < 1.29 is 23.9 Å². The first-order valence-corrected chi connectivity index (χ1v) is 19.6. The summed E-state index contributed by atoms with van der Waals surface area (Å²) in [6.45, 7) is 8.23. The Kier molecular flexibility index (Phi) is 14.7. The van der Waals surface area contributed by atoms with Crippen LogP contribution in [0.1, 0.15) is 115 Å². The lowest BCUT2D eigenvalue weighted by Gasteiger charge is -2.48. The van der Waals surface area contributed by atoms with Crippen LogP contribution in [0, 0.1) is 5.41 Å². The first kappa shape index (κ1) is 40.6. The van der Waals surface area contributed by atoms with Crippen LogP contribution in [0.2, 0.25) is 5.02 Å². The fraction of sp³-hybridized carbons (Fsp3) is 0.545. The number of unbranched alkanes of at least 4 members (excludes halogenated alkanes) is 7. The molecule has 51 heavy (non-hydrogen) atoms. The first-order valence-electron chi connectivity index (χ1n) is 19.2. The lowest BCUT2D eigenvalue weighted by atomic mass is 9.70. The second-order valence-corrected chi connectivity index (χ2v) is 16.2. The number of halogens is 1. The Morgan fingerprint density at radius 3 is 1.80 bits per heavy atom. The van der Waals surface area contributed by atoms with E-state index in [9.17, 15) is 14.7 Å². The molecule has 0 atom stereocenters. The number of carbonyl (C=O) groups excluding carboxylic acids is 2. The number of likely N-dealkylation sites (N-methyl/N-ethyl adjacent to an activating group) is 1. The molecular formula is C44H62ClN2O4+. The third-order valence-corrected chi connectivity index (χ3v) is 11.6. The molecule has 1 aliphatic heterocycles. The van der Waals surface area contributed by atoms with Crippen LogP contribution in [0.25, 0.3) is 0 Å². The van der Waals surface area contributed by atoms with Gasteiger partial charge in [0.1, 0.15) is 11.0 Å². The number of aliphatic hydroxyl groups is 1. The lowest BCUT2D eigenvalue weighted by molar-refractivity contribution is -0.950. The summed E-state index contributed by atoms with van der Waals surface area (Å²) in [6.07, 6.45) is 12.1. The number of rotatable bonds is 19. The summed E-state index contributed by atoms with van der Waals surface area (Å²) >= 11 is 6.19. The van der Waals surface area contributed by atoms with Crippen molar-refractivity contribution in [1.29, 1.82) is 0 Å². The fourth-order valence-electron chi connectivity index (χ4n) is 7.78. The lowest BCUT2D eigenvalue weighted by Crippen LogP contribution is -2.60. The Morgan fingerprint density at radius 2 is 1.29 bits per heavy atom. The van der Waals surface area contributed by atoms with Gasteiger partial charge >= 0.3 is 5.97 Å². The van der Waals surface area contributed by atoms with E-state index < -0.39 is 16.4 Å². The maximum Gasteiger partial charge on any atom is 0.315 e. The van der Waals surface area contributed by atoms with Gasteiger partial charge in [0.15, 0.2) is 0 Å². The van der Waals surface area contributed by atoms with Gasteiger partial charge in [-0.05, 0) is 49.1 Å². The zero-order valence-corrected chi connectivity index (χ0v) is 32.6. The molecule has 0 saturated carbocycles. The predicted molar refractivity (Wildman–Crippen MR) is 208 cm³/mol. The van der Waals surface area contributed by atoms with Crippen LogP contribution in [0.15, 0.2) is 84.9 Å². The van der Waals surface area contributed by atoms with Crippen LogP contribution >= 0.6 is 11.6 Å². The molecule has 0 unspecified atom stereocenters. The molecule has 0 aromatic heterocycles. The Labute approximate surface area is 312 Å². The van der Waals surface area contributed by atoms with Crippen molar-refractivity contribution in [2.75, 3.05) is 40.5 Å². The molecule has 3 aromatic carbocycles. The monoisotopic (exact) mass is 717 g/mol. The quantitative estimate of drug-likeness (QED) is 0.0762. The van der Waals surface area contributed by atoms with Gasteiger partial charge in [-0.25, -0.2) is 0 Å². The number of piperidine rings is 1. The number of esters is 1. The summed E-state index contributed by atoms with van der Waals surface area (Å²) in [5, 5.41) is 12.5. The van der Waals surface area contributed by atoms with Crippen LogP contribution < -0.4 is 0 Å². The average molecular weight is 718 g/mol. The van der Waals surface area contributed by atoms with E-state index in [4.69, 9.17) is 16.3 Å². The standard InChI is InChI=1S/C44H62ClN2O4/c1-6-7-8-9-10-11-12-19-28-42(2,3)41(49)51-35-47(32-29-43(50,30-33-47)36-24-26-39(45)27-25-36)34-31-44(40(48)46(4)5,37-20-15-13-16-21-37)38-22-17-14-18-23-38/h13-18,20-27,50H,6-12,19,28-35H2,1-5H3/q+1. The van der Waals surface area contributed by atoms with Gasteiger partial charge < -0.3 is 14.7 Å². The summed E-state index contributed by atoms with van der Waals surface area (Å²) < 4.78 is 6.76. The van der Waals surface area contributed by atoms with E-state index >= 15 is 0 Å². The highest BCUT2D eigenvalue weighted by Crippen LogP contribution is 2.41. The minimum atomic E-state index is -1.01. The number of hydrogen-bond acceptors (Lipinski definition) is 4. The molecule has 7 heteroatoms. The molecular weight excluding hydrogens is 656 g/mol. The molecule has 1 N–H and O–H groups in total. The molecule has 6 nitrogen and oxygen atoms in total. The van der Waals surface area contributed by atoms with Gasteiger partial charge in [0.2, 0.25) is 12.6 Å². The molecule has 1 amide bonds. The highest BCUT2D eigenvalue weighted by molar-refractivity contribution is 6.30. The molecule has 1 saturated heterocycles. The largest absolute Gasteiger partial charge is 0.415 e. The number of benzene rings is 3. The highest BCUT2D eigenvalue weighted by atomic mass is 35.5. The van der Waals surface area contributed by atoms with Crippen LogP contribution in [-0.4, -0.2) is 66.8 Å². The van der Waals surface area contributed by atoms with Crippen molar-refractivity contribution in [2.24, 2.45) is 5.41 Å². The van der Waals surface area contributed by atoms with E-state index in [1.54, 1.807) is 4.90 Å². The number of likely N-dealkylation sites (tertiary alicyclic amines) is 1. The normalized spacial score (nSPS) is 19.4. The number of ether oxygens (including phenoxy) is 1. The van der Waals surface area contributed by atoms with Crippen molar-refractivity contribution in [3.8, 4) is 0 Å². The molecule has 0 bridgehead atoms. The molecule has 0 aliphatic carbocycles. The molecule has 1 fully saturated rings. The maximum absolute atomic E-state index is 14.5. The van der Waals surface area contributed by atoms with Crippen molar-refractivity contribution >= 4 is 23.5 Å². The van der Waals surface area contributed by atoms with Gasteiger partial charge in [-0.3, -0.25) is 14.1 Å². The zero-order chi connectivity index (χ0) is 37.0. The average Bonchev–Trinajstić information content (AvgIpc) is 3.14. The Bertz CT molecular complexity index is 1460. The Hall–Kier alpha value is -3.19. The number of hydrogen-bond donors (Lipinski definition) is 1. The summed E-state index contributed by atoms with van der Waals surface area (Å²) in [5.74, 6) is -0.167. The number of quaternary nitrogens is 1. The molecule has 0 radical (unpaired) electrons. The summed E-state index contributed by atoms with van der Waals surface area (Å²) in [7, 11) is 3.63. The van der Waals surface area contributed by atoms with Crippen molar-refractivity contribution in [3.63, 3.8) is 0 Å². The third kappa shape index (κ3) is 10.5. The van der Waals surface area contributed by atoms with Crippen LogP contribution in [0.5, 0.6) is 0 Å². The second kappa shape index (κ2) is 18.5. The molecule has 4 rings (SSSR count). The molecule has 3 aromatic rings. The smallest absolute Gasteiger partial charge is 0.315 e. The third-order valence-electron chi connectivity index (χ3n) is 11.3. The van der Waals surface area contributed by atoms with Crippen molar-refractivity contribution in [1.82, 2.24) is 4.90 Å². The van der Waals surface area contributed by atoms with Gasteiger partial charge in [-0.2, -0.15) is 0 Å². The molecule has 278 valence electrons. The summed E-state index contributed by atoms with van der Waals surface area (Å²) in [5.41, 5.74) is 0.171. The topological polar surface area (TPSA) is 66.8 Å². The second-order valence-electron chi connectivity index (χ2n) is 15.8. The van der Waals surface area contributed by atoms with Gasteiger partial charge in [0, 0.05) is 38.4 Å². The van der Waals surface area contributed by atoms with E-state index in [1.807, 2.05) is 113 Å². The highest BCUT2D eigenvalue weighted by Gasteiger charge is 2.49. The van der Waals surface area contributed by atoms with E-state index in [-0.39, 0.29) is 18.6 Å².